The molecule has 172 valence electrons. The number of fused-ring (bicyclic) bond motifs is 6. The lowest BCUT2D eigenvalue weighted by Gasteiger charge is -2.59. The summed E-state index contributed by atoms with van der Waals surface area (Å²) in [5.41, 5.74) is 3.14. The third-order valence-electron chi connectivity index (χ3n) is 11.0. The third-order valence-corrected chi connectivity index (χ3v) is 11.0. The Morgan fingerprint density at radius 1 is 1.19 bits per heavy atom. The molecule has 0 radical (unpaired) electrons. The van der Waals surface area contributed by atoms with E-state index in [4.69, 9.17) is 0 Å². The minimum atomic E-state index is -0.176. The summed E-state index contributed by atoms with van der Waals surface area (Å²) in [6.45, 7) is 11.7. The second kappa shape index (κ2) is 7.31. The van der Waals surface area contributed by atoms with Gasteiger partial charge in [-0.05, 0) is 106 Å². The van der Waals surface area contributed by atoms with Gasteiger partial charge in [-0.3, -0.25) is 4.79 Å². The van der Waals surface area contributed by atoms with Crippen LogP contribution in [0.1, 0.15) is 98.8 Å². The van der Waals surface area contributed by atoms with Crippen LogP contribution in [-0.2, 0) is 4.79 Å². The predicted octanol–water partition coefficient (Wildman–Crippen LogP) is 6.88. The summed E-state index contributed by atoms with van der Waals surface area (Å²) in [6, 6.07) is 0. The van der Waals surface area contributed by atoms with Crippen LogP contribution < -0.4 is 0 Å². The lowest BCUT2D eigenvalue weighted by atomic mass is 9.45. The van der Waals surface area contributed by atoms with E-state index in [1.807, 2.05) is 0 Å². The molecule has 2 nitrogen and oxygen atoms in total. The van der Waals surface area contributed by atoms with Crippen molar-refractivity contribution in [2.75, 3.05) is 0 Å². The van der Waals surface area contributed by atoms with Crippen LogP contribution in [0.15, 0.2) is 23.3 Å². The Morgan fingerprint density at radius 3 is 2.61 bits per heavy atom. The second-order valence-electron chi connectivity index (χ2n) is 12.9. The normalized spacial score (nSPS) is 45.9. The molecule has 4 fully saturated rings. The van der Waals surface area contributed by atoms with Crippen LogP contribution in [0, 0.1) is 45.8 Å². The van der Waals surface area contributed by atoms with Crippen molar-refractivity contribution in [3.05, 3.63) is 23.3 Å². The molecule has 5 rings (SSSR count). The van der Waals surface area contributed by atoms with Crippen LogP contribution in [0.25, 0.3) is 0 Å². The molecule has 1 spiro atoms. The van der Waals surface area contributed by atoms with Crippen molar-refractivity contribution >= 4 is 5.78 Å². The molecule has 1 N–H and O–H groups in total. The maximum Gasteiger partial charge on any atom is 0.137 e. The number of allylic oxidation sites excluding steroid dienone is 3. The molecular weight excluding hydrogens is 380 g/mol. The monoisotopic (exact) mass is 424 g/mol. The van der Waals surface area contributed by atoms with Gasteiger partial charge in [0.15, 0.2) is 0 Å². The average Bonchev–Trinajstić information content (AvgIpc) is 3.40. The zero-order chi connectivity index (χ0) is 22.2. The van der Waals surface area contributed by atoms with E-state index in [9.17, 15) is 9.90 Å². The van der Waals surface area contributed by atoms with Gasteiger partial charge in [-0.15, -0.1) is 0 Å². The number of Topliss-reactive ketones (excluding diaryl/α,β-unsaturated/α-hetero) is 1. The van der Waals surface area contributed by atoms with E-state index >= 15 is 0 Å². The molecule has 0 bridgehead atoms. The standard InChI is InChI=1S/C29H44O2/c1-18(2)7-6-8-19(3)21-10-11-22-20-9-12-24-27(4,14-13-25(31)29(24)15-16-29)26(20)23(30)17-28(21,22)5/h7,12,19-22,25-26,31H,6,8-11,13-17H2,1-5H3/t19-,20+,21-,22+,25?,26-,27+,28-/m1/s1. The SMILES string of the molecule is CC(C)=CCC[C@@H](C)[C@H]1CC[C@H]2[C@@H]3CC=C4C5(CC5)C(O)CC[C@]4(C)[C@H]3C(=O)C[C@]12C. The first-order chi connectivity index (χ1) is 14.6. The lowest BCUT2D eigenvalue weighted by Crippen LogP contribution is -2.56. The zero-order valence-electron chi connectivity index (χ0n) is 20.5. The fourth-order valence-electron chi connectivity index (χ4n) is 9.46. The Hall–Kier alpha value is -0.890. The first-order valence-corrected chi connectivity index (χ1v) is 13.2. The molecule has 1 unspecified atom stereocenters. The van der Waals surface area contributed by atoms with Gasteiger partial charge in [-0.1, -0.05) is 44.1 Å². The second-order valence-corrected chi connectivity index (χ2v) is 12.9. The number of aliphatic hydroxyl groups is 1. The van der Waals surface area contributed by atoms with Crippen LogP contribution >= 0.6 is 0 Å². The Balaban J connectivity index is 1.42. The van der Waals surface area contributed by atoms with Crippen LogP contribution in [0.3, 0.4) is 0 Å². The summed E-state index contributed by atoms with van der Waals surface area (Å²) in [7, 11) is 0. The number of ketones is 1. The minimum absolute atomic E-state index is 0.00418. The summed E-state index contributed by atoms with van der Waals surface area (Å²) < 4.78 is 0. The van der Waals surface area contributed by atoms with E-state index in [1.54, 1.807) is 0 Å². The van der Waals surface area contributed by atoms with Crippen LogP contribution in [-0.4, -0.2) is 17.0 Å². The summed E-state index contributed by atoms with van der Waals surface area (Å²) in [4.78, 5) is 13.9. The third kappa shape index (κ3) is 3.10. The van der Waals surface area contributed by atoms with Gasteiger partial charge < -0.3 is 5.11 Å². The van der Waals surface area contributed by atoms with Gasteiger partial charge in [0.05, 0.1) is 6.10 Å². The number of aliphatic hydroxyl groups excluding tert-OH is 1. The first kappa shape index (κ1) is 21.9. The van der Waals surface area contributed by atoms with Gasteiger partial charge in [-0.2, -0.15) is 0 Å². The van der Waals surface area contributed by atoms with Crippen molar-refractivity contribution in [3.63, 3.8) is 0 Å². The molecule has 8 atom stereocenters. The lowest BCUT2D eigenvalue weighted by molar-refractivity contribution is -0.146. The fraction of sp³-hybridized carbons (Fsp3) is 0.828. The summed E-state index contributed by atoms with van der Waals surface area (Å²) >= 11 is 0. The average molecular weight is 425 g/mol. The maximum atomic E-state index is 13.9. The van der Waals surface area contributed by atoms with Crippen LogP contribution in [0.2, 0.25) is 0 Å². The van der Waals surface area contributed by atoms with Crippen LogP contribution in [0.4, 0.5) is 0 Å². The van der Waals surface area contributed by atoms with Gasteiger partial charge in [0.25, 0.3) is 0 Å². The highest BCUT2D eigenvalue weighted by molar-refractivity contribution is 5.85. The highest BCUT2D eigenvalue weighted by atomic mass is 16.3. The molecule has 0 aromatic rings. The molecular formula is C29H44O2. The summed E-state index contributed by atoms with van der Waals surface area (Å²) in [5, 5.41) is 10.8. The quantitative estimate of drug-likeness (QED) is 0.500. The molecule has 0 aliphatic heterocycles. The van der Waals surface area contributed by atoms with Crippen molar-refractivity contribution in [1.82, 2.24) is 0 Å². The minimum Gasteiger partial charge on any atom is -0.392 e. The molecule has 31 heavy (non-hydrogen) atoms. The number of hydrogen-bond donors (Lipinski definition) is 1. The number of rotatable bonds is 4. The van der Waals surface area contributed by atoms with Crippen LogP contribution in [0.5, 0.6) is 0 Å². The number of carbonyl (C=O) groups is 1. The molecule has 2 heteroatoms. The van der Waals surface area contributed by atoms with E-state index in [2.05, 4.69) is 46.8 Å². The molecule has 5 aliphatic rings. The topological polar surface area (TPSA) is 37.3 Å². The zero-order valence-corrected chi connectivity index (χ0v) is 20.5. The molecule has 0 aromatic carbocycles. The molecule has 0 saturated heterocycles. The largest absolute Gasteiger partial charge is 0.392 e. The number of carbonyl (C=O) groups excluding carboxylic acids is 1. The Kier molecular flexibility index (Phi) is 5.17. The molecule has 0 heterocycles. The van der Waals surface area contributed by atoms with E-state index in [0.717, 1.165) is 38.5 Å². The Labute approximate surface area is 190 Å². The Morgan fingerprint density at radius 2 is 1.94 bits per heavy atom. The van der Waals surface area contributed by atoms with E-state index in [0.29, 0.717) is 29.5 Å². The smallest absolute Gasteiger partial charge is 0.137 e. The maximum absolute atomic E-state index is 13.9. The summed E-state index contributed by atoms with van der Waals surface area (Å²) in [5.74, 6) is 3.38. The molecule has 0 aromatic heterocycles. The van der Waals surface area contributed by atoms with E-state index in [1.165, 1.54) is 36.8 Å². The number of hydrogen-bond acceptors (Lipinski definition) is 2. The summed E-state index contributed by atoms with van der Waals surface area (Å²) in [6.07, 6.45) is 15.8. The van der Waals surface area contributed by atoms with Crippen molar-refractivity contribution in [2.45, 2.75) is 105 Å². The Bertz CT molecular complexity index is 813. The van der Waals surface area contributed by atoms with Gasteiger partial charge in [-0.25, -0.2) is 0 Å². The highest BCUT2D eigenvalue weighted by Gasteiger charge is 2.67. The molecule has 5 aliphatic carbocycles. The fourth-order valence-corrected chi connectivity index (χ4v) is 9.46. The van der Waals surface area contributed by atoms with E-state index in [-0.39, 0.29) is 28.3 Å². The molecule has 0 amide bonds. The van der Waals surface area contributed by atoms with E-state index < -0.39 is 0 Å². The van der Waals surface area contributed by atoms with Gasteiger partial charge in [0, 0.05) is 17.8 Å². The first-order valence-electron chi connectivity index (χ1n) is 13.2. The van der Waals surface area contributed by atoms with Crippen molar-refractivity contribution < 1.29 is 9.90 Å². The van der Waals surface area contributed by atoms with Crippen molar-refractivity contribution in [2.24, 2.45) is 45.8 Å². The van der Waals surface area contributed by atoms with Gasteiger partial charge in [0.1, 0.15) is 5.78 Å². The van der Waals surface area contributed by atoms with Crippen molar-refractivity contribution in [1.29, 1.82) is 0 Å². The predicted molar refractivity (Wildman–Crippen MR) is 126 cm³/mol. The van der Waals surface area contributed by atoms with Gasteiger partial charge in [0.2, 0.25) is 0 Å². The van der Waals surface area contributed by atoms with Gasteiger partial charge >= 0.3 is 0 Å². The molecule has 4 saturated carbocycles. The van der Waals surface area contributed by atoms with Crippen molar-refractivity contribution in [3.8, 4) is 0 Å². The highest BCUT2D eigenvalue weighted by Crippen LogP contribution is 2.72.